The number of rotatable bonds is 5. The van der Waals surface area contributed by atoms with Crippen LogP contribution in [0.25, 0.3) is 0 Å². The minimum atomic E-state index is 0.00587. The average Bonchev–Trinajstić information content (AvgIpc) is 2.67. The van der Waals surface area contributed by atoms with Crippen molar-refractivity contribution in [1.82, 2.24) is 9.55 Å². The van der Waals surface area contributed by atoms with Crippen molar-refractivity contribution in [2.75, 3.05) is 0 Å². The molecule has 3 rings (SSSR count). The molecule has 2 aromatic carbocycles. The lowest BCUT2D eigenvalue weighted by molar-refractivity contribution is 0.683. The Morgan fingerprint density at radius 1 is 1.11 bits per heavy atom. The number of hydrogen-bond donors (Lipinski definition) is 0. The van der Waals surface area contributed by atoms with E-state index < -0.39 is 0 Å². The zero-order valence-electron chi connectivity index (χ0n) is 15.7. The summed E-state index contributed by atoms with van der Waals surface area (Å²) in [5.74, 6) is 0.697. The largest absolute Gasteiger partial charge is 0.291 e. The van der Waals surface area contributed by atoms with Crippen molar-refractivity contribution in [3.63, 3.8) is 0 Å². The molecule has 27 heavy (non-hydrogen) atoms. The highest BCUT2D eigenvalue weighted by Crippen LogP contribution is 2.21. The van der Waals surface area contributed by atoms with Gasteiger partial charge in [-0.3, -0.25) is 9.36 Å². The molecule has 1 aromatic heterocycles. The van der Waals surface area contributed by atoms with Gasteiger partial charge in [0.25, 0.3) is 5.56 Å². The predicted molar refractivity (Wildman–Crippen MR) is 109 cm³/mol. The molecule has 0 amide bonds. The highest BCUT2D eigenvalue weighted by Gasteiger charge is 2.13. The number of aromatic nitrogens is 2. The minimum Gasteiger partial charge on any atom is -0.291 e. The lowest BCUT2D eigenvalue weighted by atomic mass is 10.0. The van der Waals surface area contributed by atoms with Crippen LogP contribution >= 0.6 is 11.8 Å². The SMILES string of the molecule is Cc1cccc(Cc2c(C)nc(SCc3ccc(C#N)cc3)n(C)c2=O)c1. The molecule has 0 saturated heterocycles. The van der Waals surface area contributed by atoms with Crippen LogP contribution in [-0.4, -0.2) is 9.55 Å². The summed E-state index contributed by atoms with van der Waals surface area (Å²) in [6, 6.07) is 17.8. The maximum atomic E-state index is 12.9. The molecule has 0 aliphatic rings. The zero-order chi connectivity index (χ0) is 19.4. The summed E-state index contributed by atoms with van der Waals surface area (Å²) >= 11 is 1.53. The lowest BCUT2D eigenvalue weighted by Gasteiger charge is -2.12. The Labute approximate surface area is 163 Å². The summed E-state index contributed by atoms with van der Waals surface area (Å²) in [7, 11) is 1.77. The first-order valence-electron chi connectivity index (χ1n) is 8.72. The zero-order valence-corrected chi connectivity index (χ0v) is 16.5. The smallest absolute Gasteiger partial charge is 0.257 e. The maximum Gasteiger partial charge on any atom is 0.257 e. The summed E-state index contributed by atoms with van der Waals surface area (Å²) in [5, 5.41) is 9.58. The molecule has 0 saturated carbocycles. The van der Waals surface area contributed by atoms with E-state index in [-0.39, 0.29) is 5.56 Å². The summed E-state index contributed by atoms with van der Waals surface area (Å²) in [6.45, 7) is 3.95. The first-order chi connectivity index (χ1) is 13.0. The van der Waals surface area contributed by atoms with Crippen LogP contribution < -0.4 is 5.56 Å². The van der Waals surface area contributed by atoms with Gasteiger partial charge < -0.3 is 0 Å². The molecule has 0 aliphatic carbocycles. The predicted octanol–water partition coefficient (Wildman–Crippen LogP) is 4.15. The highest BCUT2D eigenvalue weighted by molar-refractivity contribution is 7.98. The molecule has 0 aliphatic heterocycles. The van der Waals surface area contributed by atoms with Crippen LogP contribution in [0.15, 0.2) is 58.5 Å². The normalized spacial score (nSPS) is 10.6. The highest BCUT2D eigenvalue weighted by atomic mass is 32.2. The van der Waals surface area contributed by atoms with Crippen molar-refractivity contribution < 1.29 is 0 Å². The van der Waals surface area contributed by atoms with E-state index in [2.05, 4.69) is 30.1 Å². The van der Waals surface area contributed by atoms with Gasteiger partial charge in [-0.1, -0.05) is 53.7 Å². The van der Waals surface area contributed by atoms with Gasteiger partial charge >= 0.3 is 0 Å². The van der Waals surface area contributed by atoms with Crippen LogP contribution in [-0.2, 0) is 19.2 Å². The Hall–Kier alpha value is -2.84. The number of benzene rings is 2. The van der Waals surface area contributed by atoms with Gasteiger partial charge in [-0.25, -0.2) is 4.98 Å². The van der Waals surface area contributed by atoms with Crippen molar-refractivity contribution in [1.29, 1.82) is 5.26 Å². The second-order valence-electron chi connectivity index (χ2n) is 6.59. The van der Waals surface area contributed by atoms with E-state index in [4.69, 9.17) is 5.26 Å². The van der Waals surface area contributed by atoms with Crippen LogP contribution in [0.4, 0.5) is 0 Å². The monoisotopic (exact) mass is 375 g/mol. The molecule has 0 radical (unpaired) electrons. The molecule has 0 bridgehead atoms. The Kier molecular flexibility index (Phi) is 5.78. The molecular weight excluding hydrogens is 354 g/mol. The number of hydrogen-bond acceptors (Lipinski definition) is 4. The van der Waals surface area contributed by atoms with E-state index in [1.54, 1.807) is 23.7 Å². The Morgan fingerprint density at radius 2 is 1.85 bits per heavy atom. The molecule has 4 nitrogen and oxygen atoms in total. The van der Waals surface area contributed by atoms with Gasteiger partial charge in [0.15, 0.2) is 5.16 Å². The van der Waals surface area contributed by atoms with Crippen LogP contribution in [0.5, 0.6) is 0 Å². The topological polar surface area (TPSA) is 58.7 Å². The first kappa shape index (κ1) is 18.9. The van der Waals surface area contributed by atoms with Gasteiger partial charge in [-0.15, -0.1) is 0 Å². The molecule has 3 aromatic rings. The molecule has 0 N–H and O–H groups in total. The van der Waals surface area contributed by atoms with Crippen molar-refractivity contribution in [2.45, 2.75) is 31.2 Å². The van der Waals surface area contributed by atoms with Crippen molar-refractivity contribution >= 4 is 11.8 Å². The number of aryl methyl sites for hydroxylation is 2. The quantitative estimate of drug-likeness (QED) is 0.496. The average molecular weight is 375 g/mol. The van der Waals surface area contributed by atoms with Crippen LogP contribution in [0, 0.1) is 25.2 Å². The van der Waals surface area contributed by atoms with Crippen molar-refractivity contribution in [3.8, 4) is 6.07 Å². The number of nitrogens with zero attached hydrogens (tertiary/aromatic N) is 3. The first-order valence-corrected chi connectivity index (χ1v) is 9.70. The molecule has 5 heteroatoms. The van der Waals surface area contributed by atoms with E-state index in [9.17, 15) is 4.79 Å². The fraction of sp³-hybridized carbons (Fsp3) is 0.227. The van der Waals surface area contributed by atoms with Gasteiger partial charge in [0.05, 0.1) is 11.6 Å². The Bertz CT molecular complexity index is 1060. The summed E-state index contributed by atoms with van der Waals surface area (Å²) in [5.41, 5.74) is 5.57. The molecule has 0 atom stereocenters. The maximum absolute atomic E-state index is 12.9. The molecule has 0 unspecified atom stereocenters. The molecule has 136 valence electrons. The summed E-state index contributed by atoms with van der Waals surface area (Å²) in [4.78, 5) is 17.5. The van der Waals surface area contributed by atoms with Gasteiger partial charge in [0, 0.05) is 30.5 Å². The molecule has 0 spiro atoms. The summed E-state index contributed by atoms with van der Waals surface area (Å²) < 4.78 is 1.63. The number of nitriles is 1. The van der Waals surface area contributed by atoms with Crippen LogP contribution in [0.2, 0.25) is 0 Å². The molecule has 1 heterocycles. The molecule has 0 fully saturated rings. The third-order valence-corrected chi connectivity index (χ3v) is 5.57. The van der Waals surface area contributed by atoms with E-state index in [1.807, 2.05) is 31.2 Å². The second-order valence-corrected chi connectivity index (χ2v) is 7.53. The summed E-state index contributed by atoms with van der Waals surface area (Å²) in [6.07, 6.45) is 0.591. The fourth-order valence-corrected chi connectivity index (χ4v) is 3.88. The van der Waals surface area contributed by atoms with E-state index >= 15 is 0 Å². The lowest BCUT2D eigenvalue weighted by Crippen LogP contribution is -2.25. The fourth-order valence-electron chi connectivity index (χ4n) is 2.91. The van der Waals surface area contributed by atoms with Gasteiger partial charge in [0.1, 0.15) is 0 Å². The standard InChI is InChI=1S/C22H21N3OS/c1-15-5-4-6-19(11-15)12-20-16(2)24-22(25(3)21(20)26)27-14-18-9-7-17(13-23)8-10-18/h4-11H,12,14H2,1-3H3. The van der Waals surface area contributed by atoms with Gasteiger partial charge in [0.2, 0.25) is 0 Å². The van der Waals surface area contributed by atoms with Crippen molar-refractivity contribution in [3.05, 3.63) is 92.4 Å². The number of thioether (sulfide) groups is 1. The molecular formula is C22H21N3OS. The van der Waals surface area contributed by atoms with E-state index in [0.29, 0.717) is 22.9 Å². The second kappa shape index (κ2) is 8.24. The van der Waals surface area contributed by atoms with Gasteiger partial charge in [-0.05, 0) is 37.1 Å². The van der Waals surface area contributed by atoms with Crippen molar-refractivity contribution in [2.24, 2.45) is 7.05 Å². The third kappa shape index (κ3) is 4.47. The van der Waals surface area contributed by atoms with E-state index in [1.165, 1.54) is 17.3 Å². The Balaban J connectivity index is 1.81. The third-order valence-electron chi connectivity index (χ3n) is 4.46. The Morgan fingerprint density at radius 3 is 2.52 bits per heavy atom. The minimum absolute atomic E-state index is 0.00587. The van der Waals surface area contributed by atoms with Gasteiger partial charge in [-0.2, -0.15) is 5.26 Å². The van der Waals surface area contributed by atoms with Crippen LogP contribution in [0.3, 0.4) is 0 Å². The van der Waals surface area contributed by atoms with E-state index in [0.717, 1.165) is 22.4 Å². The van der Waals surface area contributed by atoms with Crippen LogP contribution in [0.1, 0.15) is 33.5 Å².